The topological polar surface area (TPSA) is 69.4 Å². The predicted octanol–water partition coefficient (Wildman–Crippen LogP) is 1.01. The second kappa shape index (κ2) is 3.66. The SMILES string of the molecule is CC1(c2ccc(Cl)cc2)OC(N)C(=O)C1=O. The van der Waals surface area contributed by atoms with E-state index in [-0.39, 0.29) is 0 Å². The number of rotatable bonds is 1. The molecule has 0 saturated carbocycles. The third-order valence-electron chi connectivity index (χ3n) is 2.67. The first-order chi connectivity index (χ1) is 7.45. The number of halogens is 1. The van der Waals surface area contributed by atoms with E-state index in [0.717, 1.165) is 0 Å². The summed E-state index contributed by atoms with van der Waals surface area (Å²) < 4.78 is 5.23. The molecule has 2 atom stereocenters. The first-order valence-corrected chi connectivity index (χ1v) is 5.11. The van der Waals surface area contributed by atoms with E-state index in [1.807, 2.05) is 0 Å². The summed E-state index contributed by atoms with van der Waals surface area (Å²) in [5, 5.41) is 0.549. The highest BCUT2D eigenvalue weighted by molar-refractivity contribution is 6.43. The van der Waals surface area contributed by atoms with E-state index in [9.17, 15) is 9.59 Å². The van der Waals surface area contributed by atoms with Gasteiger partial charge >= 0.3 is 0 Å². The highest BCUT2D eigenvalue weighted by atomic mass is 35.5. The van der Waals surface area contributed by atoms with Crippen molar-refractivity contribution in [3.05, 3.63) is 34.9 Å². The molecule has 0 radical (unpaired) electrons. The maximum Gasteiger partial charge on any atom is 0.245 e. The fraction of sp³-hybridized carbons (Fsp3) is 0.273. The number of carbonyl (C=O) groups excluding carboxylic acids is 2. The Hall–Kier alpha value is -1.23. The summed E-state index contributed by atoms with van der Waals surface area (Å²) in [5.74, 6) is -1.32. The Bertz CT molecular complexity index is 457. The van der Waals surface area contributed by atoms with Crippen molar-refractivity contribution in [1.29, 1.82) is 0 Å². The third kappa shape index (κ3) is 1.55. The highest BCUT2D eigenvalue weighted by Crippen LogP contribution is 2.33. The number of ketones is 2. The molecular weight excluding hydrogens is 230 g/mol. The summed E-state index contributed by atoms with van der Waals surface area (Å²) in [7, 11) is 0. The first kappa shape index (κ1) is 11.3. The first-order valence-electron chi connectivity index (χ1n) is 4.73. The number of carbonyl (C=O) groups is 2. The third-order valence-corrected chi connectivity index (χ3v) is 2.93. The lowest BCUT2D eigenvalue weighted by Gasteiger charge is -2.21. The lowest BCUT2D eigenvalue weighted by Crippen LogP contribution is -2.31. The van der Waals surface area contributed by atoms with Crippen molar-refractivity contribution in [3.8, 4) is 0 Å². The van der Waals surface area contributed by atoms with Gasteiger partial charge in [-0.25, -0.2) is 0 Å². The standard InChI is InChI=1S/C11H10ClNO3/c1-11(6-2-4-7(12)5-3-6)9(15)8(14)10(13)16-11/h2-5,10H,13H2,1H3. The minimum atomic E-state index is -1.29. The summed E-state index contributed by atoms with van der Waals surface area (Å²) in [6, 6.07) is 6.55. The van der Waals surface area contributed by atoms with Gasteiger partial charge in [0, 0.05) is 5.02 Å². The molecule has 2 unspecified atom stereocenters. The molecule has 5 heteroatoms. The molecule has 1 aliphatic heterocycles. The van der Waals surface area contributed by atoms with Crippen LogP contribution < -0.4 is 5.73 Å². The molecule has 0 spiro atoms. The molecule has 2 rings (SSSR count). The number of benzene rings is 1. The van der Waals surface area contributed by atoms with Crippen LogP contribution in [-0.4, -0.2) is 17.8 Å². The molecular formula is C11H10ClNO3. The Balaban J connectivity index is 2.44. The summed E-state index contributed by atoms with van der Waals surface area (Å²) in [4.78, 5) is 23.1. The van der Waals surface area contributed by atoms with Crippen LogP contribution in [0.15, 0.2) is 24.3 Å². The Morgan fingerprint density at radius 3 is 2.31 bits per heavy atom. The average molecular weight is 240 g/mol. The monoisotopic (exact) mass is 239 g/mol. The number of Topliss-reactive ketones (excluding diaryl/α,β-unsaturated/α-hetero) is 2. The molecule has 1 heterocycles. The van der Waals surface area contributed by atoms with Crippen molar-refractivity contribution in [2.75, 3.05) is 0 Å². The van der Waals surface area contributed by atoms with Gasteiger partial charge in [0.1, 0.15) is 0 Å². The molecule has 0 amide bonds. The van der Waals surface area contributed by atoms with E-state index in [0.29, 0.717) is 10.6 Å². The molecule has 1 aliphatic rings. The zero-order chi connectivity index (χ0) is 11.9. The van der Waals surface area contributed by atoms with Crippen LogP contribution in [0.5, 0.6) is 0 Å². The van der Waals surface area contributed by atoms with Crippen LogP contribution in [0.2, 0.25) is 5.02 Å². The fourth-order valence-electron chi connectivity index (χ4n) is 1.69. The van der Waals surface area contributed by atoms with E-state index < -0.39 is 23.4 Å². The number of hydrogen-bond donors (Lipinski definition) is 1. The second-order valence-corrected chi connectivity index (χ2v) is 4.21. The fourth-order valence-corrected chi connectivity index (χ4v) is 1.82. The molecule has 84 valence electrons. The number of hydrogen-bond acceptors (Lipinski definition) is 4. The molecule has 4 nitrogen and oxygen atoms in total. The van der Waals surface area contributed by atoms with Gasteiger partial charge in [0.05, 0.1) is 0 Å². The normalized spacial score (nSPS) is 29.8. The van der Waals surface area contributed by atoms with Gasteiger partial charge < -0.3 is 4.74 Å². The maximum absolute atomic E-state index is 11.7. The van der Waals surface area contributed by atoms with Crippen molar-refractivity contribution in [3.63, 3.8) is 0 Å². The van der Waals surface area contributed by atoms with Crippen molar-refractivity contribution < 1.29 is 14.3 Å². The van der Waals surface area contributed by atoms with Gasteiger partial charge in [0.15, 0.2) is 11.8 Å². The van der Waals surface area contributed by atoms with Gasteiger partial charge in [-0.2, -0.15) is 0 Å². The lowest BCUT2D eigenvalue weighted by atomic mass is 9.91. The van der Waals surface area contributed by atoms with E-state index in [1.165, 1.54) is 6.92 Å². The van der Waals surface area contributed by atoms with Gasteiger partial charge in [0.2, 0.25) is 11.6 Å². The van der Waals surface area contributed by atoms with Crippen molar-refractivity contribution >= 4 is 23.2 Å². The second-order valence-electron chi connectivity index (χ2n) is 3.77. The molecule has 0 bridgehead atoms. The maximum atomic E-state index is 11.7. The minimum Gasteiger partial charge on any atom is -0.336 e. The lowest BCUT2D eigenvalue weighted by molar-refractivity contribution is -0.138. The van der Waals surface area contributed by atoms with Crippen LogP contribution in [-0.2, 0) is 19.9 Å². The van der Waals surface area contributed by atoms with Crippen molar-refractivity contribution in [2.24, 2.45) is 5.73 Å². The summed E-state index contributed by atoms with van der Waals surface area (Å²) in [6.07, 6.45) is -1.17. The molecule has 1 aromatic rings. The van der Waals surface area contributed by atoms with E-state index in [4.69, 9.17) is 22.1 Å². The van der Waals surface area contributed by atoms with Crippen molar-refractivity contribution in [1.82, 2.24) is 0 Å². The summed E-state index contributed by atoms with van der Waals surface area (Å²) in [5.41, 5.74) is 4.67. The van der Waals surface area contributed by atoms with Crippen molar-refractivity contribution in [2.45, 2.75) is 18.8 Å². The van der Waals surface area contributed by atoms with Gasteiger partial charge in [-0.05, 0) is 24.6 Å². The zero-order valence-corrected chi connectivity index (χ0v) is 9.32. The molecule has 1 aromatic carbocycles. The average Bonchev–Trinajstić information content (AvgIpc) is 2.45. The molecule has 0 aliphatic carbocycles. The Labute approximate surface area is 97.3 Å². The van der Waals surface area contributed by atoms with Crippen LogP contribution in [0.4, 0.5) is 0 Å². The van der Waals surface area contributed by atoms with Crippen LogP contribution in [0.3, 0.4) is 0 Å². The smallest absolute Gasteiger partial charge is 0.245 e. The number of nitrogens with two attached hydrogens (primary N) is 1. The Morgan fingerprint density at radius 2 is 1.88 bits per heavy atom. The highest BCUT2D eigenvalue weighted by Gasteiger charge is 2.50. The van der Waals surface area contributed by atoms with Crippen LogP contribution in [0.25, 0.3) is 0 Å². The Kier molecular flexibility index (Phi) is 2.58. The van der Waals surface area contributed by atoms with E-state index in [2.05, 4.69) is 0 Å². The van der Waals surface area contributed by atoms with Crippen LogP contribution in [0, 0.1) is 0 Å². The molecule has 16 heavy (non-hydrogen) atoms. The molecule has 2 N–H and O–H groups in total. The molecule has 0 aromatic heterocycles. The summed E-state index contributed by atoms with van der Waals surface area (Å²) in [6.45, 7) is 1.53. The summed E-state index contributed by atoms with van der Waals surface area (Å²) >= 11 is 5.74. The quantitative estimate of drug-likeness (QED) is 0.743. The number of ether oxygens (including phenoxy) is 1. The van der Waals surface area contributed by atoms with Crippen LogP contribution in [0.1, 0.15) is 12.5 Å². The van der Waals surface area contributed by atoms with Gasteiger partial charge in [-0.1, -0.05) is 23.7 Å². The molecule has 1 fully saturated rings. The van der Waals surface area contributed by atoms with Crippen LogP contribution >= 0.6 is 11.6 Å². The van der Waals surface area contributed by atoms with Gasteiger partial charge in [0.25, 0.3) is 0 Å². The van der Waals surface area contributed by atoms with Gasteiger partial charge in [-0.3, -0.25) is 15.3 Å². The predicted molar refractivity (Wildman–Crippen MR) is 57.9 cm³/mol. The molecule has 1 saturated heterocycles. The largest absolute Gasteiger partial charge is 0.336 e. The van der Waals surface area contributed by atoms with E-state index >= 15 is 0 Å². The van der Waals surface area contributed by atoms with E-state index in [1.54, 1.807) is 24.3 Å². The zero-order valence-electron chi connectivity index (χ0n) is 8.57. The minimum absolute atomic E-state index is 0.549. The van der Waals surface area contributed by atoms with Gasteiger partial charge in [-0.15, -0.1) is 0 Å². The Morgan fingerprint density at radius 1 is 1.31 bits per heavy atom.